The summed E-state index contributed by atoms with van der Waals surface area (Å²) >= 11 is 17.1. The number of nitrogens with zero attached hydrogens (tertiary/aromatic N) is 1. The van der Waals surface area contributed by atoms with Gasteiger partial charge in [0, 0.05) is 5.88 Å². The van der Waals surface area contributed by atoms with Gasteiger partial charge < -0.3 is 4.84 Å². The molecule has 0 saturated carbocycles. The van der Waals surface area contributed by atoms with Crippen LogP contribution in [0, 0.1) is 0 Å². The molecule has 82 valence electrons. The van der Waals surface area contributed by atoms with Gasteiger partial charge in [0.1, 0.15) is 6.61 Å². The van der Waals surface area contributed by atoms with Crippen molar-refractivity contribution in [2.24, 2.45) is 5.16 Å². The van der Waals surface area contributed by atoms with Gasteiger partial charge in [0.05, 0.1) is 16.3 Å². The Labute approximate surface area is 104 Å². The van der Waals surface area contributed by atoms with Crippen LogP contribution >= 0.6 is 34.8 Å². The van der Waals surface area contributed by atoms with Crippen molar-refractivity contribution in [1.82, 2.24) is 0 Å². The van der Waals surface area contributed by atoms with E-state index in [1.165, 1.54) is 0 Å². The van der Waals surface area contributed by atoms with Crippen LogP contribution in [0.5, 0.6) is 0 Å². The molecule has 0 fully saturated rings. The smallest absolute Gasteiger partial charge is 0.118 e. The fourth-order valence-corrected chi connectivity index (χ4v) is 1.28. The van der Waals surface area contributed by atoms with E-state index in [2.05, 4.69) is 5.16 Å². The van der Waals surface area contributed by atoms with Crippen molar-refractivity contribution in [2.75, 3.05) is 12.5 Å². The molecule has 0 aliphatic rings. The molecule has 0 aliphatic heterocycles. The van der Waals surface area contributed by atoms with Crippen molar-refractivity contribution in [2.45, 2.75) is 6.42 Å². The lowest BCUT2D eigenvalue weighted by molar-refractivity contribution is 0.147. The molecule has 0 saturated heterocycles. The maximum absolute atomic E-state index is 5.82. The lowest BCUT2D eigenvalue weighted by atomic mass is 10.2. The SMILES string of the molecule is ClCCCO/N=C/c1ccc(Cl)c(Cl)c1. The van der Waals surface area contributed by atoms with Crippen molar-refractivity contribution >= 4 is 41.0 Å². The van der Waals surface area contributed by atoms with Gasteiger partial charge in [0.15, 0.2) is 0 Å². The third kappa shape index (κ3) is 4.74. The first-order valence-corrected chi connectivity index (χ1v) is 5.69. The molecule has 0 unspecified atom stereocenters. The highest BCUT2D eigenvalue weighted by Gasteiger charge is 1.96. The molecular weight excluding hydrogens is 256 g/mol. The molecule has 0 atom stereocenters. The van der Waals surface area contributed by atoms with Gasteiger partial charge in [-0.05, 0) is 24.1 Å². The number of oxime groups is 1. The topological polar surface area (TPSA) is 21.6 Å². The summed E-state index contributed by atoms with van der Waals surface area (Å²) in [6, 6.07) is 5.24. The van der Waals surface area contributed by atoms with E-state index in [1.807, 2.05) is 6.07 Å². The monoisotopic (exact) mass is 265 g/mol. The minimum absolute atomic E-state index is 0.501. The Morgan fingerprint density at radius 3 is 2.73 bits per heavy atom. The third-order valence-electron chi connectivity index (χ3n) is 1.59. The predicted octanol–water partition coefficient (Wildman–Crippen LogP) is 3.97. The third-order valence-corrected chi connectivity index (χ3v) is 2.60. The van der Waals surface area contributed by atoms with E-state index in [0.29, 0.717) is 22.5 Å². The molecule has 0 aliphatic carbocycles. The summed E-state index contributed by atoms with van der Waals surface area (Å²) in [6.07, 6.45) is 2.36. The van der Waals surface area contributed by atoms with Crippen LogP contribution < -0.4 is 0 Å². The van der Waals surface area contributed by atoms with E-state index in [-0.39, 0.29) is 0 Å². The van der Waals surface area contributed by atoms with Crippen molar-refractivity contribution < 1.29 is 4.84 Å². The van der Waals surface area contributed by atoms with Gasteiger partial charge in [-0.3, -0.25) is 0 Å². The van der Waals surface area contributed by atoms with Crippen molar-refractivity contribution in [3.63, 3.8) is 0 Å². The van der Waals surface area contributed by atoms with E-state index < -0.39 is 0 Å². The summed E-state index contributed by atoms with van der Waals surface area (Å²) in [6.45, 7) is 0.515. The maximum atomic E-state index is 5.82. The van der Waals surface area contributed by atoms with Gasteiger partial charge in [-0.15, -0.1) is 11.6 Å². The molecule has 1 aromatic carbocycles. The molecule has 2 nitrogen and oxygen atoms in total. The molecule has 0 spiro atoms. The zero-order chi connectivity index (χ0) is 11.1. The minimum atomic E-state index is 0.501. The second-order valence-corrected chi connectivity index (χ2v) is 3.98. The zero-order valence-corrected chi connectivity index (χ0v) is 10.2. The van der Waals surface area contributed by atoms with E-state index in [0.717, 1.165) is 12.0 Å². The molecular formula is C10H10Cl3NO. The molecule has 0 amide bonds. The Bertz CT molecular complexity index is 341. The Kier molecular flexibility index (Phi) is 5.84. The lowest BCUT2D eigenvalue weighted by Crippen LogP contribution is -1.89. The number of rotatable bonds is 5. The molecule has 0 heterocycles. The number of benzene rings is 1. The van der Waals surface area contributed by atoms with Crippen molar-refractivity contribution in [3.8, 4) is 0 Å². The number of hydrogen-bond acceptors (Lipinski definition) is 2. The lowest BCUT2D eigenvalue weighted by Gasteiger charge is -1.98. The van der Waals surface area contributed by atoms with Gasteiger partial charge in [-0.1, -0.05) is 34.4 Å². The van der Waals surface area contributed by atoms with Crippen LogP contribution in [0.2, 0.25) is 10.0 Å². The van der Waals surface area contributed by atoms with Gasteiger partial charge in [0.2, 0.25) is 0 Å². The summed E-state index contributed by atoms with van der Waals surface area (Å²) in [5.74, 6) is 0.572. The van der Waals surface area contributed by atoms with Crippen molar-refractivity contribution in [3.05, 3.63) is 33.8 Å². The van der Waals surface area contributed by atoms with Crippen LogP contribution in [-0.2, 0) is 4.84 Å². The normalized spacial score (nSPS) is 10.9. The van der Waals surface area contributed by atoms with E-state index >= 15 is 0 Å². The standard InChI is InChI=1S/C10H10Cl3NO/c11-4-1-5-15-14-7-8-2-3-9(12)10(13)6-8/h2-3,6-7H,1,4-5H2/b14-7+. The molecule has 1 aromatic rings. The fourth-order valence-electron chi connectivity index (χ4n) is 0.863. The second kappa shape index (κ2) is 6.94. The second-order valence-electron chi connectivity index (χ2n) is 2.78. The Morgan fingerprint density at radius 1 is 1.27 bits per heavy atom. The average Bonchev–Trinajstić information content (AvgIpc) is 2.23. The Hall–Kier alpha value is -0.440. The largest absolute Gasteiger partial charge is 0.396 e. The van der Waals surface area contributed by atoms with Crippen LogP contribution in [0.3, 0.4) is 0 Å². The molecule has 0 bridgehead atoms. The van der Waals surface area contributed by atoms with Gasteiger partial charge >= 0.3 is 0 Å². The van der Waals surface area contributed by atoms with Gasteiger partial charge in [-0.2, -0.15) is 0 Å². The molecule has 15 heavy (non-hydrogen) atoms. The highest BCUT2D eigenvalue weighted by Crippen LogP contribution is 2.21. The summed E-state index contributed by atoms with van der Waals surface area (Å²) in [5, 5.41) is 4.79. The van der Waals surface area contributed by atoms with Crippen LogP contribution in [-0.4, -0.2) is 18.7 Å². The molecule has 0 aromatic heterocycles. The highest BCUT2D eigenvalue weighted by molar-refractivity contribution is 6.42. The van der Waals surface area contributed by atoms with E-state index in [4.69, 9.17) is 39.6 Å². The maximum Gasteiger partial charge on any atom is 0.118 e. The fraction of sp³-hybridized carbons (Fsp3) is 0.300. The summed E-state index contributed by atoms with van der Waals surface area (Å²) in [5.41, 5.74) is 0.843. The minimum Gasteiger partial charge on any atom is -0.396 e. The highest BCUT2D eigenvalue weighted by atomic mass is 35.5. The zero-order valence-electron chi connectivity index (χ0n) is 7.92. The molecule has 5 heteroatoms. The quantitative estimate of drug-likeness (QED) is 0.342. The first kappa shape index (κ1) is 12.6. The van der Waals surface area contributed by atoms with Gasteiger partial charge in [-0.25, -0.2) is 0 Å². The average molecular weight is 267 g/mol. The van der Waals surface area contributed by atoms with E-state index in [1.54, 1.807) is 18.3 Å². The van der Waals surface area contributed by atoms with Crippen LogP contribution in [0.4, 0.5) is 0 Å². The first-order valence-electron chi connectivity index (χ1n) is 4.40. The number of alkyl halides is 1. The van der Waals surface area contributed by atoms with Gasteiger partial charge in [0.25, 0.3) is 0 Å². The van der Waals surface area contributed by atoms with Crippen LogP contribution in [0.1, 0.15) is 12.0 Å². The molecule has 0 radical (unpaired) electrons. The Morgan fingerprint density at radius 2 is 2.07 bits per heavy atom. The summed E-state index contributed by atoms with van der Waals surface area (Å²) in [4.78, 5) is 4.96. The van der Waals surface area contributed by atoms with Crippen LogP contribution in [0.15, 0.2) is 23.4 Å². The van der Waals surface area contributed by atoms with E-state index in [9.17, 15) is 0 Å². The predicted molar refractivity (Wildman–Crippen MR) is 65.3 cm³/mol. The molecule has 1 rings (SSSR count). The Balaban J connectivity index is 2.46. The number of hydrogen-bond donors (Lipinski definition) is 0. The summed E-state index contributed by atoms with van der Waals surface area (Å²) in [7, 11) is 0. The molecule has 0 N–H and O–H groups in total. The van der Waals surface area contributed by atoms with Crippen molar-refractivity contribution in [1.29, 1.82) is 0 Å². The summed E-state index contributed by atoms with van der Waals surface area (Å²) < 4.78 is 0. The number of halogens is 3. The first-order chi connectivity index (χ1) is 7.24. The van der Waals surface area contributed by atoms with Crippen LogP contribution in [0.25, 0.3) is 0 Å².